The maximum absolute atomic E-state index is 12.4. The third-order valence-corrected chi connectivity index (χ3v) is 4.25. The lowest BCUT2D eigenvalue weighted by atomic mass is 10.1. The van der Waals surface area contributed by atoms with Gasteiger partial charge in [0.25, 0.3) is 0 Å². The van der Waals surface area contributed by atoms with Crippen molar-refractivity contribution in [3.8, 4) is 0 Å². The van der Waals surface area contributed by atoms with Crippen LogP contribution in [0, 0.1) is 20.8 Å². The van der Waals surface area contributed by atoms with E-state index in [0.717, 1.165) is 42.9 Å². The van der Waals surface area contributed by atoms with Gasteiger partial charge >= 0.3 is 0 Å². The zero-order valence-electron chi connectivity index (χ0n) is 13.6. The van der Waals surface area contributed by atoms with Crippen LogP contribution in [0.15, 0.2) is 12.1 Å². The summed E-state index contributed by atoms with van der Waals surface area (Å²) in [6.07, 6.45) is 1.13. The van der Waals surface area contributed by atoms with E-state index in [1.54, 1.807) is 0 Å². The monoisotopic (exact) mass is 289 g/mol. The highest BCUT2D eigenvalue weighted by atomic mass is 16.2. The highest BCUT2D eigenvalue weighted by Crippen LogP contribution is 2.22. The Bertz CT molecular complexity index is 484. The van der Waals surface area contributed by atoms with Crippen molar-refractivity contribution in [1.82, 2.24) is 10.2 Å². The molecule has 1 aliphatic heterocycles. The number of carbonyl (C=O) groups excluding carboxylic acids is 1. The van der Waals surface area contributed by atoms with Crippen molar-refractivity contribution in [2.75, 3.05) is 31.5 Å². The Hall–Kier alpha value is -1.39. The molecule has 1 heterocycles. The minimum absolute atomic E-state index is 0.0822. The molecule has 4 nitrogen and oxygen atoms in total. The average Bonchev–Trinajstić information content (AvgIpc) is 2.94. The second kappa shape index (κ2) is 7.05. The van der Waals surface area contributed by atoms with Gasteiger partial charge in [0.05, 0.1) is 6.54 Å². The van der Waals surface area contributed by atoms with E-state index in [1.165, 1.54) is 5.56 Å². The van der Waals surface area contributed by atoms with Crippen LogP contribution in [-0.4, -0.2) is 43.0 Å². The number of rotatable bonds is 5. The molecular weight excluding hydrogens is 262 g/mol. The van der Waals surface area contributed by atoms with Gasteiger partial charge in [0.2, 0.25) is 5.91 Å². The number of hydrogen-bond acceptors (Lipinski definition) is 3. The maximum atomic E-state index is 12.4. The molecule has 0 bridgehead atoms. The SMILES string of the molecule is CCN(CC(=O)Nc1c(C)cc(C)cc1C)C1CCNC1. The zero-order chi connectivity index (χ0) is 15.4. The molecule has 1 amide bonds. The van der Waals surface area contributed by atoms with Gasteiger partial charge in [-0.3, -0.25) is 9.69 Å². The van der Waals surface area contributed by atoms with Crippen molar-refractivity contribution in [3.05, 3.63) is 28.8 Å². The van der Waals surface area contributed by atoms with E-state index in [4.69, 9.17) is 0 Å². The van der Waals surface area contributed by atoms with Crippen LogP contribution in [0.4, 0.5) is 5.69 Å². The number of nitrogens with one attached hydrogen (secondary N) is 2. The standard InChI is InChI=1S/C17H27N3O/c1-5-20(15-6-7-18-10-15)11-16(21)19-17-13(3)8-12(2)9-14(17)4/h8-9,15,18H,5-7,10-11H2,1-4H3,(H,19,21). The molecule has 116 valence electrons. The Balaban J connectivity index is 2.01. The van der Waals surface area contributed by atoms with Gasteiger partial charge in [-0.25, -0.2) is 0 Å². The normalized spacial score (nSPS) is 18.2. The second-order valence-electron chi connectivity index (χ2n) is 6.03. The number of carbonyl (C=O) groups is 1. The quantitative estimate of drug-likeness (QED) is 0.874. The predicted molar refractivity (Wildman–Crippen MR) is 87.8 cm³/mol. The Morgan fingerprint density at radius 1 is 1.33 bits per heavy atom. The molecule has 0 aliphatic carbocycles. The lowest BCUT2D eigenvalue weighted by molar-refractivity contribution is -0.117. The fourth-order valence-corrected chi connectivity index (χ4v) is 3.19. The van der Waals surface area contributed by atoms with Crippen LogP contribution in [0.3, 0.4) is 0 Å². The van der Waals surface area contributed by atoms with Gasteiger partial charge in [0.15, 0.2) is 0 Å². The van der Waals surface area contributed by atoms with E-state index in [0.29, 0.717) is 12.6 Å². The number of aryl methyl sites for hydroxylation is 3. The molecule has 2 N–H and O–H groups in total. The molecule has 1 aromatic rings. The van der Waals surface area contributed by atoms with E-state index in [-0.39, 0.29) is 5.91 Å². The van der Waals surface area contributed by atoms with Crippen LogP contribution in [-0.2, 0) is 4.79 Å². The molecule has 2 rings (SSSR count). The van der Waals surface area contributed by atoms with Crippen molar-refractivity contribution in [2.45, 2.75) is 40.2 Å². The topological polar surface area (TPSA) is 44.4 Å². The molecule has 1 fully saturated rings. The summed E-state index contributed by atoms with van der Waals surface area (Å²) >= 11 is 0. The van der Waals surface area contributed by atoms with E-state index in [9.17, 15) is 4.79 Å². The van der Waals surface area contributed by atoms with Crippen LogP contribution in [0.2, 0.25) is 0 Å². The van der Waals surface area contributed by atoms with Crippen molar-refractivity contribution in [1.29, 1.82) is 0 Å². The first-order valence-corrected chi connectivity index (χ1v) is 7.83. The van der Waals surface area contributed by atoms with Crippen molar-refractivity contribution >= 4 is 11.6 Å². The molecule has 0 aromatic heterocycles. The molecule has 1 saturated heterocycles. The van der Waals surface area contributed by atoms with E-state index < -0.39 is 0 Å². The maximum Gasteiger partial charge on any atom is 0.238 e. The van der Waals surface area contributed by atoms with Crippen LogP contribution in [0.1, 0.15) is 30.0 Å². The molecule has 1 aliphatic rings. The van der Waals surface area contributed by atoms with Crippen molar-refractivity contribution in [2.24, 2.45) is 0 Å². The van der Waals surface area contributed by atoms with Gasteiger partial charge in [-0.05, 0) is 51.4 Å². The van der Waals surface area contributed by atoms with Gasteiger partial charge < -0.3 is 10.6 Å². The summed E-state index contributed by atoms with van der Waals surface area (Å²) in [7, 11) is 0. The Morgan fingerprint density at radius 2 is 2.00 bits per heavy atom. The summed E-state index contributed by atoms with van der Waals surface area (Å²) < 4.78 is 0. The minimum Gasteiger partial charge on any atom is -0.324 e. The molecule has 1 aromatic carbocycles. The minimum atomic E-state index is 0.0822. The smallest absolute Gasteiger partial charge is 0.238 e. The number of nitrogens with zero attached hydrogens (tertiary/aromatic N) is 1. The molecule has 0 radical (unpaired) electrons. The lowest BCUT2D eigenvalue weighted by Crippen LogP contribution is -2.41. The average molecular weight is 289 g/mol. The third-order valence-electron chi connectivity index (χ3n) is 4.25. The van der Waals surface area contributed by atoms with Crippen LogP contribution in [0.25, 0.3) is 0 Å². The van der Waals surface area contributed by atoms with Crippen LogP contribution in [0.5, 0.6) is 0 Å². The first-order chi connectivity index (χ1) is 10.0. The molecule has 1 unspecified atom stereocenters. The molecule has 1 atom stereocenters. The van der Waals surface area contributed by atoms with Crippen LogP contribution < -0.4 is 10.6 Å². The molecule has 0 spiro atoms. The van der Waals surface area contributed by atoms with Crippen LogP contribution >= 0.6 is 0 Å². The fourth-order valence-electron chi connectivity index (χ4n) is 3.19. The first-order valence-electron chi connectivity index (χ1n) is 7.83. The number of amides is 1. The van der Waals surface area contributed by atoms with E-state index in [1.807, 2.05) is 13.8 Å². The highest BCUT2D eigenvalue weighted by Gasteiger charge is 2.23. The van der Waals surface area contributed by atoms with Gasteiger partial charge in [-0.2, -0.15) is 0 Å². The zero-order valence-corrected chi connectivity index (χ0v) is 13.6. The molecule has 0 saturated carbocycles. The van der Waals surface area contributed by atoms with Gasteiger partial charge in [0.1, 0.15) is 0 Å². The first kappa shape index (κ1) is 16.0. The predicted octanol–water partition coefficient (Wildman–Crippen LogP) is 2.23. The summed E-state index contributed by atoms with van der Waals surface area (Å²) in [6, 6.07) is 4.71. The fraction of sp³-hybridized carbons (Fsp3) is 0.588. The lowest BCUT2D eigenvalue weighted by Gasteiger charge is -2.26. The molecular formula is C17H27N3O. The van der Waals surface area contributed by atoms with E-state index in [2.05, 4.69) is 41.5 Å². The summed E-state index contributed by atoms with van der Waals surface area (Å²) in [4.78, 5) is 14.6. The highest BCUT2D eigenvalue weighted by molar-refractivity contribution is 5.93. The summed E-state index contributed by atoms with van der Waals surface area (Å²) in [6.45, 7) is 11.7. The largest absolute Gasteiger partial charge is 0.324 e. The summed E-state index contributed by atoms with van der Waals surface area (Å²) in [5.74, 6) is 0.0822. The van der Waals surface area contributed by atoms with Gasteiger partial charge in [-0.1, -0.05) is 24.6 Å². The summed E-state index contributed by atoms with van der Waals surface area (Å²) in [5, 5.41) is 6.45. The number of hydrogen-bond donors (Lipinski definition) is 2. The Kier molecular flexibility index (Phi) is 5.37. The van der Waals surface area contributed by atoms with Gasteiger partial charge in [-0.15, -0.1) is 0 Å². The van der Waals surface area contributed by atoms with Crippen molar-refractivity contribution < 1.29 is 4.79 Å². The number of anilines is 1. The number of likely N-dealkylation sites (N-methyl/N-ethyl adjacent to an activating group) is 1. The molecule has 21 heavy (non-hydrogen) atoms. The summed E-state index contributed by atoms with van der Waals surface area (Å²) in [5.41, 5.74) is 4.46. The second-order valence-corrected chi connectivity index (χ2v) is 6.03. The molecule has 4 heteroatoms. The Morgan fingerprint density at radius 3 is 2.52 bits per heavy atom. The van der Waals surface area contributed by atoms with E-state index >= 15 is 0 Å². The Labute approximate surface area is 127 Å². The van der Waals surface area contributed by atoms with Crippen molar-refractivity contribution in [3.63, 3.8) is 0 Å². The number of benzene rings is 1. The van der Waals surface area contributed by atoms with Gasteiger partial charge in [0, 0.05) is 18.3 Å². The third kappa shape index (κ3) is 4.05.